The van der Waals surface area contributed by atoms with Crippen molar-refractivity contribution in [2.24, 2.45) is 0 Å². The Balaban J connectivity index is 2.58. The molecule has 0 radical (unpaired) electrons. The average molecular weight is 293 g/mol. The van der Waals surface area contributed by atoms with Crippen LogP contribution in [-0.2, 0) is 16.0 Å². The molecule has 0 amide bonds. The fraction of sp³-hybridized carbons (Fsp3) is 0.588. The number of hydrogen-bond acceptors (Lipinski definition) is 4. The largest absolute Gasteiger partial charge is 0.491 e. The lowest BCUT2D eigenvalue weighted by Gasteiger charge is -2.26. The molecule has 1 unspecified atom stereocenters. The maximum absolute atomic E-state index is 11.9. The van der Waals surface area contributed by atoms with Crippen LogP contribution in [0.5, 0.6) is 5.75 Å². The van der Waals surface area contributed by atoms with E-state index in [9.17, 15) is 4.79 Å². The van der Waals surface area contributed by atoms with Gasteiger partial charge in [0.05, 0.1) is 6.61 Å². The van der Waals surface area contributed by atoms with Gasteiger partial charge in [0.15, 0.2) is 0 Å². The summed E-state index contributed by atoms with van der Waals surface area (Å²) in [6.45, 7) is 6.36. The van der Waals surface area contributed by atoms with Gasteiger partial charge in [-0.15, -0.1) is 0 Å². The van der Waals surface area contributed by atoms with Crippen LogP contribution in [0.3, 0.4) is 0 Å². The number of carbonyl (C=O) groups excluding carboxylic acids is 1. The summed E-state index contributed by atoms with van der Waals surface area (Å²) >= 11 is 0. The van der Waals surface area contributed by atoms with E-state index in [0.29, 0.717) is 6.61 Å². The lowest BCUT2D eigenvalue weighted by atomic mass is 10.0. The summed E-state index contributed by atoms with van der Waals surface area (Å²) in [6.07, 6.45) is 3.48. The van der Waals surface area contributed by atoms with Gasteiger partial charge in [-0.25, -0.2) is 4.79 Å². The number of nitrogens with one attached hydrogen (secondary N) is 1. The Labute approximate surface area is 127 Å². The Hall–Kier alpha value is -1.55. The minimum atomic E-state index is -0.836. The minimum absolute atomic E-state index is 0.233. The van der Waals surface area contributed by atoms with E-state index < -0.39 is 5.54 Å². The lowest BCUT2D eigenvalue weighted by molar-refractivity contribution is -0.151. The minimum Gasteiger partial charge on any atom is -0.491 e. The number of likely N-dealkylation sites (N-methyl/N-ethyl adjacent to an activating group) is 1. The van der Waals surface area contributed by atoms with Crippen LogP contribution in [-0.4, -0.2) is 31.8 Å². The summed E-state index contributed by atoms with van der Waals surface area (Å²) in [5.41, 5.74) is 0.475. The molecule has 0 heterocycles. The third-order valence-corrected chi connectivity index (χ3v) is 3.55. The van der Waals surface area contributed by atoms with E-state index in [1.807, 2.05) is 12.1 Å². The second-order valence-electron chi connectivity index (χ2n) is 5.34. The lowest BCUT2D eigenvalue weighted by Crippen LogP contribution is -2.53. The van der Waals surface area contributed by atoms with Gasteiger partial charge in [0.25, 0.3) is 0 Å². The Kier molecular flexibility index (Phi) is 7.23. The first kappa shape index (κ1) is 17.5. The van der Waals surface area contributed by atoms with Gasteiger partial charge in [0.2, 0.25) is 0 Å². The monoisotopic (exact) mass is 293 g/mol. The quantitative estimate of drug-likeness (QED) is 0.711. The van der Waals surface area contributed by atoms with Gasteiger partial charge >= 0.3 is 5.97 Å². The molecule has 0 aliphatic heterocycles. The van der Waals surface area contributed by atoms with Gasteiger partial charge < -0.3 is 14.8 Å². The van der Waals surface area contributed by atoms with Crippen molar-refractivity contribution >= 4 is 5.97 Å². The Bertz CT molecular complexity index is 430. The molecule has 0 fully saturated rings. The predicted molar refractivity (Wildman–Crippen MR) is 84.6 cm³/mol. The molecule has 0 spiro atoms. The van der Waals surface area contributed by atoms with Crippen molar-refractivity contribution in [3.8, 4) is 5.75 Å². The van der Waals surface area contributed by atoms with Gasteiger partial charge in [0, 0.05) is 0 Å². The number of aryl methyl sites for hydroxylation is 1. The molecule has 0 aromatic heterocycles. The van der Waals surface area contributed by atoms with E-state index >= 15 is 0 Å². The van der Waals surface area contributed by atoms with Crippen LogP contribution in [0.4, 0.5) is 0 Å². The molecule has 4 nitrogen and oxygen atoms in total. The Morgan fingerprint density at radius 3 is 2.43 bits per heavy atom. The van der Waals surface area contributed by atoms with E-state index in [4.69, 9.17) is 9.47 Å². The van der Waals surface area contributed by atoms with Crippen molar-refractivity contribution in [3.05, 3.63) is 29.8 Å². The summed E-state index contributed by atoms with van der Waals surface area (Å²) in [6, 6.07) is 8.05. The van der Waals surface area contributed by atoms with E-state index in [1.165, 1.54) is 18.4 Å². The highest BCUT2D eigenvalue weighted by molar-refractivity contribution is 5.80. The molecule has 1 aromatic rings. The van der Waals surface area contributed by atoms with Gasteiger partial charge in [-0.3, -0.25) is 0 Å². The number of unbranched alkanes of at least 4 members (excludes halogenated alkanes) is 1. The van der Waals surface area contributed by atoms with Crippen LogP contribution in [0, 0.1) is 0 Å². The van der Waals surface area contributed by atoms with Crippen molar-refractivity contribution in [1.82, 2.24) is 5.32 Å². The third kappa shape index (κ3) is 5.38. The summed E-state index contributed by atoms with van der Waals surface area (Å²) in [5, 5.41) is 2.97. The smallest absolute Gasteiger partial charge is 0.329 e. The van der Waals surface area contributed by atoms with Crippen LogP contribution in [0.1, 0.15) is 39.2 Å². The average Bonchev–Trinajstić information content (AvgIpc) is 2.51. The molecule has 1 N–H and O–H groups in total. The fourth-order valence-corrected chi connectivity index (χ4v) is 1.88. The zero-order valence-electron chi connectivity index (χ0n) is 13.6. The zero-order valence-corrected chi connectivity index (χ0v) is 13.6. The maximum atomic E-state index is 11.9. The normalized spacial score (nSPS) is 13.5. The molecule has 1 rings (SSSR count). The van der Waals surface area contributed by atoms with E-state index in [1.54, 1.807) is 20.9 Å². The SMILES string of the molecule is CCCCc1ccc(OCC(C)(NC)C(=O)OCC)cc1. The van der Waals surface area contributed by atoms with Crippen LogP contribution >= 0.6 is 0 Å². The number of rotatable bonds is 9. The van der Waals surface area contributed by atoms with E-state index in [2.05, 4.69) is 24.4 Å². The van der Waals surface area contributed by atoms with Crippen molar-refractivity contribution < 1.29 is 14.3 Å². The first-order valence-electron chi connectivity index (χ1n) is 7.63. The number of esters is 1. The van der Waals surface area contributed by atoms with Crippen LogP contribution < -0.4 is 10.1 Å². The predicted octanol–water partition coefficient (Wildman–Crippen LogP) is 2.95. The topological polar surface area (TPSA) is 47.6 Å². The van der Waals surface area contributed by atoms with Crippen LogP contribution in [0.25, 0.3) is 0 Å². The van der Waals surface area contributed by atoms with Crippen LogP contribution in [0.2, 0.25) is 0 Å². The molecule has 21 heavy (non-hydrogen) atoms. The number of hydrogen-bond donors (Lipinski definition) is 1. The molecule has 118 valence electrons. The number of benzene rings is 1. The zero-order chi connectivity index (χ0) is 15.7. The van der Waals surface area contributed by atoms with Gasteiger partial charge in [-0.1, -0.05) is 25.5 Å². The van der Waals surface area contributed by atoms with Gasteiger partial charge in [-0.2, -0.15) is 0 Å². The molecule has 0 aliphatic carbocycles. The van der Waals surface area contributed by atoms with Crippen molar-refractivity contribution in [3.63, 3.8) is 0 Å². The standard InChI is InChI=1S/C17H27NO3/c1-5-7-8-14-9-11-15(12-10-14)21-13-17(3,18-4)16(19)20-6-2/h9-12,18H,5-8,13H2,1-4H3. The Morgan fingerprint density at radius 2 is 1.90 bits per heavy atom. The maximum Gasteiger partial charge on any atom is 0.329 e. The molecule has 0 saturated heterocycles. The summed E-state index contributed by atoms with van der Waals surface area (Å²) in [5.74, 6) is 0.466. The second kappa shape index (κ2) is 8.67. The number of ether oxygens (including phenoxy) is 2. The van der Waals surface area contributed by atoms with Crippen molar-refractivity contribution in [2.75, 3.05) is 20.3 Å². The highest BCUT2D eigenvalue weighted by Gasteiger charge is 2.34. The molecule has 4 heteroatoms. The third-order valence-electron chi connectivity index (χ3n) is 3.55. The molecule has 1 atom stereocenters. The van der Waals surface area contributed by atoms with Gasteiger partial charge in [0.1, 0.15) is 17.9 Å². The molecular weight excluding hydrogens is 266 g/mol. The Morgan fingerprint density at radius 1 is 1.24 bits per heavy atom. The van der Waals surface area contributed by atoms with Crippen molar-refractivity contribution in [2.45, 2.75) is 45.6 Å². The first-order valence-corrected chi connectivity index (χ1v) is 7.63. The van der Waals surface area contributed by atoms with Gasteiger partial charge in [-0.05, 0) is 51.4 Å². The molecule has 1 aromatic carbocycles. The molecule has 0 saturated carbocycles. The molecule has 0 bridgehead atoms. The van der Waals surface area contributed by atoms with E-state index in [0.717, 1.165) is 12.2 Å². The second-order valence-corrected chi connectivity index (χ2v) is 5.34. The van der Waals surface area contributed by atoms with E-state index in [-0.39, 0.29) is 12.6 Å². The summed E-state index contributed by atoms with van der Waals surface area (Å²) in [4.78, 5) is 11.9. The summed E-state index contributed by atoms with van der Waals surface area (Å²) in [7, 11) is 1.73. The highest BCUT2D eigenvalue weighted by atomic mass is 16.5. The number of carbonyl (C=O) groups is 1. The fourth-order valence-electron chi connectivity index (χ4n) is 1.88. The molecule has 0 aliphatic rings. The van der Waals surface area contributed by atoms with Crippen molar-refractivity contribution in [1.29, 1.82) is 0 Å². The molecular formula is C17H27NO3. The highest BCUT2D eigenvalue weighted by Crippen LogP contribution is 2.16. The summed E-state index contributed by atoms with van der Waals surface area (Å²) < 4.78 is 10.8. The van der Waals surface area contributed by atoms with Crippen LogP contribution in [0.15, 0.2) is 24.3 Å². The first-order chi connectivity index (χ1) is 10.1.